The van der Waals surface area contributed by atoms with Crippen LogP contribution in [0.15, 0.2) is 60.9 Å². The summed E-state index contributed by atoms with van der Waals surface area (Å²) in [7, 11) is 0. The third-order valence-corrected chi connectivity index (χ3v) is 4.61. The van der Waals surface area contributed by atoms with Crippen LogP contribution in [0.5, 0.6) is 0 Å². The molecule has 0 saturated heterocycles. The summed E-state index contributed by atoms with van der Waals surface area (Å²) in [6.07, 6.45) is 3.70. The molecule has 0 aliphatic carbocycles. The Morgan fingerprint density at radius 3 is 2.48 bits per heavy atom. The lowest BCUT2D eigenvalue weighted by Crippen LogP contribution is -1.84. The van der Waals surface area contributed by atoms with Gasteiger partial charge in [0, 0.05) is 34.6 Å². The fourth-order valence-electron chi connectivity index (χ4n) is 3.20. The van der Waals surface area contributed by atoms with Crippen molar-refractivity contribution in [1.29, 1.82) is 5.26 Å². The number of nitriles is 1. The van der Waals surface area contributed by atoms with Crippen LogP contribution in [0, 0.1) is 25.2 Å². The molecule has 4 rings (SSSR count). The van der Waals surface area contributed by atoms with E-state index in [-0.39, 0.29) is 0 Å². The van der Waals surface area contributed by atoms with E-state index in [1.54, 1.807) is 0 Å². The van der Waals surface area contributed by atoms with Crippen molar-refractivity contribution in [3.63, 3.8) is 0 Å². The predicted molar refractivity (Wildman–Crippen MR) is 101 cm³/mol. The molecule has 0 unspecified atom stereocenters. The van der Waals surface area contributed by atoms with Gasteiger partial charge in [0.25, 0.3) is 0 Å². The third-order valence-electron chi connectivity index (χ3n) is 4.61. The number of hydrogen-bond acceptors (Lipinski definition) is 2. The van der Waals surface area contributed by atoms with Gasteiger partial charge in [-0.05, 0) is 66.4 Å². The van der Waals surface area contributed by atoms with E-state index in [2.05, 4.69) is 53.3 Å². The van der Waals surface area contributed by atoms with Crippen molar-refractivity contribution in [2.45, 2.75) is 13.8 Å². The first kappa shape index (κ1) is 15.2. The first-order valence-corrected chi connectivity index (χ1v) is 8.20. The minimum atomic E-state index is 0.724. The number of nitrogens with zero attached hydrogens (tertiary/aromatic N) is 2. The summed E-state index contributed by atoms with van der Waals surface area (Å²) in [4.78, 5) is 7.65. The second-order valence-electron chi connectivity index (χ2n) is 6.32. The van der Waals surface area contributed by atoms with Crippen molar-refractivity contribution < 1.29 is 0 Å². The molecule has 2 aromatic carbocycles. The number of pyridine rings is 1. The molecule has 0 radical (unpaired) electrons. The average molecular weight is 323 g/mol. The fraction of sp³-hybridized carbons (Fsp3) is 0.0909. The monoisotopic (exact) mass is 323 g/mol. The van der Waals surface area contributed by atoms with E-state index in [1.165, 1.54) is 10.9 Å². The molecular formula is C22H17N3. The number of aryl methyl sites for hydroxylation is 2. The van der Waals surface area contributed by atoms with Crippen LogP contribution in [0.3, 0.4) is 0 Å². The molecule has 2 heterocycles. The second-order valence-corrected chi connectivity index (χ2v) is 6.32. The van der Waals surface area contributed by atoms with Crippen molar-refractivity contribution in [3.8, 4) is 28.5 Å². The zero-order chi connectivity index (χ0) is 17.4. The molecule has 4 aromatic rings. The molecule has 0 amide bonds. The number of hydrogen-bond donors (Lipinski definition) is 1. The Hall–Kier alpha value is -3.38. The first-order valence-electron chi connectivity index (χ1n) is 8.20. The Morgan fingerprint density at radius 2 is 1.72 bits per heavy atom. The summed E-state index contributed by atoms with van der Waals surface area (Å²) in [5.41, 5.74) is 8.53. The van der Waals surface area contributed by atoms with Gasteiger partial charge in [0.05, 0.1) is 11.6 Å². The van der Waals surface area contributed by atoms with Gasteiger partial charge in [0.15, 0.2) is 0 Å². The molecule has 3 heteroatoms. The predicted octanol–water partition coefficient (Wildman–Crippen LogP) is 5.39. The summed E-state index contributed by atoms with van der Waals surface area (Å²) in [6.45, 7) is 4.04. The van der Waals surface area contributed by atoms with Crippen LogP contribution in [0.4, 0.5) is 0 Å². The molecule has 0 fully saturated rings. The van der Waals surface area contributed by atoms with E-state index in [9.17, 15) is 0 Å². The zero-order valence-corrected chi connectivity index (χ0v) is 14.2. The van der Waals surface area contributed by atoms with Gasteiger partial charge in [-0.15, -0.1) is 0 Å². The number of rotatable bonds is 2. The minimum absolute atomic E-state index is 0.724. The molecule has 1 N–H and O–H groups in total. The summed E-state index contributed by atoms with van der Waals surface area (Å²) >= 11 is 0. The Kier molecular flexibility index (Phi) is 3.59. The molecule has 0 saturated carbocycles. The van der Waals surface area contributed by atoms with Gasteiger partial charge in [-0.1, -0.05) is 18.2 Å². The topological polar surface area (TPSA) is 52.5 Å². The molecule has 25 heavy (non-hydrogen) atoms. The largest absolute Gasteiger partial charge is 0.355 e. The summed E-state index contributed by atoms with van der Waals surface area (Å²) in [5, 5.41) is 10.3. The number of benzene rings is 2. The normalized spacial score (nSPS) is 10.8. The van der Waals surface area contributed by atoms with Crippen molar-refractivity contribution in [2.75, 3.05) is 0 Å². The summed E-state index contributed by atoms with van der Waals surface area (Å²) < 4.78 is 0. The lowest BCUT2D eigenvalue weighted by atomic mass is 9.99. The van der Waals surface area contributed by atoms with E-state index in [1.807, 2.05) is 37.5 Å². The zero-order valence-electron chi connectivity index (χ0n) is 14.2. The maximum Gasteiger partial charge on any atom is 0.0994 e. The Labute approximate surface area is 146 Å². The van der Waals surface area contributed by atoms with Crippen molar-refractivity contribution in [1.82, 2.24) is 9.97 Å². The molecule has 2 aromatic heterocycles. The molecular weight excluding hydrogens is 306 g/mol. The van der Waals surface area contributed by atoms with Crippen molar-refractivity contribution in [3.05, 3.63) is 77.6 Å². The Morgan fingerprint density at radius 1 is 0.920 bits per heavy atom. The van der Waals surface area contributed by atoms with E-state index in [0.717, 1.165) is 39.0 Å². The van der Waals surface area contributed by atoms with Crippen molar-refractivity contribution in [2.24, 2.45) is 0 Å². The SMILES string of the molecule is Cc1cc(-c2ccc3[nH]c(-c4ccncc4C)cc3c2)ccc1C#N. The maximum absolute atomic E-state index is 9.10. The first-order chi connectivity index (χ1) is 12.2. The quantitative estimate of drug-likeness (QED) is 0.538. The highest BCUT2D eigenvalue weighted by atomic mass is 14.7. The van der Waals surface area contributed by atoms with Crippen LogP contribution in [0.1, 0.15) is 16.7 Å². The number of aromatic nitrogens is 2. The summed E-state index contributed by atoms with van der Waals surface area (Å²) in [6, 6.07) is 18.8. The second kappa shape index (κ2) is 5.92. The molecule has 3 nitrogen and oxygen atoms in total. The smallest absolute Gasteiger partial charge is 0.0994 e. The molecule has 0 bridgehead atoms. The highest BCUT2D eigenvalue weighted by Crippen LogP contribution is 2.30. The lowest BCUT2D eigenvalue weighted by Gasteiger charge is -2.04. The molecule has 0 aliphatic rings. The number of H-pyrrole nitrogens is 1. The van der Waals surface area contributed by atoms with Gasteiger partial charge in [-0.2, -0.15) is 5.26 Å². The molecule has 0 spiro atoms. The molecule has 0 atom stereocenters. The van der Waals surface area contributed by atoms with E-state index < -0.39 is 0 Å². The molecule has 120 valence electrons. The number of nitrogens with one attached hydrogen (secondary N) is 1. The van der Waals surface area contributed by atoms with Crippen LogP contribution in [0.2, 0.25) is 0 Å². The summed E-state index contributed by atoms with van der Waals surface area (Å²) in [5.74, 6) is 0. The Bertz CT molecular complexity index is 1130. The van der Waals surface area contributed by atoms with E-state index in [0.29, 0.717) is 0 Å². The van der Waals surface area contributed by atoms with Gasteiger partial charge >= 0.3 is 0 Å². The third kappa shape index (κ3) is 2.68. The number of fused-ring (bicyclic) bond motifs is 1. The van der Waals surface area contributed by atoms with E-state index in [4.69, 9.17) is 5.26 Å². The van der Waals surface area contributed by atoms with Gasteiger partial charge in [0.2, 0.25) is 0 Å². The maximum atomic E-state index is 9.10. The van der Waals surface area contributed by atoms with Crippen LogP contribution in [0.25, 0.3) is 33.3 Å². The highest BCUT2D eigenvalue weighted by Gasteiger charge is 2.08. The van der Waals surface area contributed by atoms with Gasteiger partial charge in [-0.25, -0.2) is 0 Å². The average Bonchev–Trinajstić information content (AvgIpc) is 3.05. The lowest BCUT2D eigenvalue weighted by molar-refractivity contribution is 1.26. The van der Waals surface area contributed by atoms with Gasteiger partial charge < -0.3 is 4.98 Å². The minimum Gasteiger partial charge on any atom is -0.355 e. The van der Waals surface area contributed by atoms with E-state index >= 15 is 0 Å². The standard InChI is InChI=1S/C22H17N3/c1-14-9-16(3-4-18(14)12-23)17-5-6-21-19(10-17)11-22(25-21)20-7-8-24-13-15(20)2/h3-11,13,25H,1-2H3. The van der Waals surface area contributed by atoms with Crippen LogP contribution < -0.4 is 0 Å². The van der Waals surface area contributed by atoms with Gasteiger partial charge in [-0.3, -0.25) is 4.98 Å². The van der Waals surface area contributed by atoms with Crippen LogP contribution in [-0.2, 0) is 0 Å². The number of aromatic amines is 1. The van der Waals surface area contributed by atoms with Crippen LogP contribution in [-0.4, -0.2) is 9.97 Å². The van der Waals surface area contributed by atoms with Gasteiger partial charge in [0.1, 0.15) is 0 Å². The van der Waals surface area contributed by atoms with Crippen molar-refractivity contribution >= 4 is 10.9 Å². The molecule has 0 aliphatic heterocycles. The fourth-order valence-corrected chi connectivity index (χ4v) is 3.20. The van der Waals surface area contributed by atoms with Crippen LogP contribution >= 0.6 is 0 Å². The highest BCUT2D eigenvalue weighted by molar-refractivity contribution is 5.90. The Balaban J connectivity index is 1.80.